The Kier molecular flexibility index (Phi) is 5.62. The summed E-state index contributed by atoms with van der Waals surface area (Å²) in [6.45, 7) is 5.36. The standard InChI is InChI=1S/C15H21NO3S/c1-15(2,3)12(14(18)19)16-13(17)11-7-5-6-10(8-11)9-20-4/h5-8,12H,9H2,1-4H3,(H,16,17)(H,18,19). The van der Waals surface area contributed by atoms with Crippen LogP contribution in [0.3, 0.4) is 0 Å². The molecule has 0 aliphatic rings. The lowest BCUT2D eigenvalue weighted by molar-refractivity contribution is -0.142. The molecule has 0 bridgehead atoms. The number of benzene rings is 1. The Labute approximate surface area is 124 Å². The highest BCUT2D eigenvalue weighted by Gasteiger charge is 2.32. The van der Waals surface area contributed by atoms with Crippen molar-refractivity contribution >= 4 is 23.6 Å². The summed E-state index contributed by atoms with van der Waals surface area (Å²) in [4.78, 5) is 23.4. The van der Waals surface area contributed by atoms with Crippen LogP contribution in [0.15, 0.2) is 24.3 Å². The van der Waals surface area contributed by atoms with E-state index in [9.17, 15) is 14.7 Å². The molecule has 1 atom stereocenters. The third kappa shape index (κ3) is 4.56. The van der Waals surface area contributed by atoms with Crippen LogP contribution >= 0.6 is 11.8 Å². The molecule has 1 aromatic rings. The van der Waals surface area contributed by atoms with E-state index in [1.54, 1.807) is 44.7 Å². The van der Waals surface area contributed by atoms with Gasteiger partial charge in [-0.3, -0.25) is 4.79 Å². The van der Waals surface area contributed by atoms with Crippen molar-refractivity contribution in [1.82, 2.24) is 5.32 Å². The smallest absolute Gasteiger partial charge is 0.326 e. The molecule has 110 valence electrons. The maximum absolute atomic E-state index is 12.2. The minimum Gasteiger partial charge on any atom is -0.480 e. The van der Waals surface area contributed by atoms with Crippen molar-refractivity contribution in [2.45, 2.75) is 32.6 Å². The first kappa shape index (κ1) is 16.6. The van der Waals surface area contributed by atoms with Crippen LogP contribution in [0.25, 0.3) is 0 Å². The van der Waals surface area contributed by atoms with Crippen molar-refractivity contribution in [3.8, 4) is 0 Å². The molecular weight excluding hydrogens is 274 g/mol. The first-order valence-electron chi connectivity index (χ1n) is 6.37. The fraction of sp³-hybridized carbons (Fsp3) is 0.467. The van der Waals surface area contributed by atoms with Crippen LogP contribution in [0.1, 0.15) is 36.7 Å². The largest absolute Gasteiger partial charge is 0.480 e. The van der Waals surface area contributed by atoms with Crippen molar-refractivity contribution in [1.29, 1.82) is 0 Å². The molecule has 0 aliphatic carbocycles. The highest BCUT2D eigenvalue weighted by atomic mass is 32.2. The van der Waals surface area contributed by atoms with Gasteiger partial charge in [-0.05, 0) is 29.4 Å². The number of hydrogen-bond acceptors (Lipinski definition) is 3. The van der Waals surface area contributed by atoms with Gasteiger partial charge in [-0.2, -0.15) is 11.8 Å². The number of amides is 1. The Balaban J connectivity index is 2.89. The van der Waals surface area contributed by atoms with Crippen LogP contribution in [-0.2, 0) is 10.5 Å². The lowest BCUT2D eigenvalue weighted by Gasteiger charge is -2.27. The molecule has 0 saturated carbocycles. The van der Waals surface area contributed by atoms with Crippen LogP contribution < -0.4 is 5.32 Å². The summed E-state index contributed by atoms with van der Waals surface area (Å²) in [7, 11) is 0. The average Bonchev–Trinajstić information content (AvgIpc) is 2.34. The SMILES string of the molecule is CSCc1cccc(C(=O)NC(C(=O)O)C(C)(C)C)c1. The quantitative estimate of drug-likeness (QED) is 0.876. The van der Waals surface area contributed by atoms with E-state index in [0.29, 0.717) is 5.56 Å². The predicted molar refractivity (Wildman–Crippen MR) is 82.0 cm³/mol. The van der Waals surface area contributed by atoms with Crippen molar-refractivity contribution in [2.24, 2.45) is 5.41 Å². The molecule has 2 N–H and O–H groups in total. The van der Waals surface area contributed by atoms with Gasteiger partial charge in [-0.1, -0.05) is 32.9 Å². The summed E-state index contributed by atoms with van der Waals surface area (Å²) < 4.78 is 0. The second-order valence-electron chi connectivity index (χ2n) is 5.74. The monoisotopic (exact) mass is 295 g/mol. The van der Waals surface area contributed by atoms with Gasteiger partial charge in [0.1, 0.15) is 6.04 Å². The van der Waals surface area contributed by atoms with Crippen molar-refractivity contribution in [3.63, 3.8) is 0 Å². The molecule has 0 heterocycles. The van der Waals surface area contributed by atoms with E-state index in [-0.39, 0.29) is 5.91 Å². The minimum atomic E-state index is -1.02. The van der Waals surface area contributed by atoms with Gasteiger partial charge in [-0.15, -0.1) is 0 Å². The second kappa shape index (κ2) is 6.79. The summed E-state index contributed by atoms with van der Waals surface area (Å²) in [5.74, 6) is -0.552. The van der Waals surface area contributed by atoms with Gasteiger partial charge in [0.25, 0.3) is 5.91 Å². The second-order valence-corrected chi connectivity index (χ2v) is 6.61. The Morgan fingerprint density at radius 2 is 2.00 bits per heavy atom. The van der Waals surface area contributed by atoms with Crippen LogP contribution in [0.5, 0.6) is 0 Å². The highest BCUT2D eigenvalue weighted by molar-refractivity contribution is 7.97. The Morgan fingerprint density at radius 3 is 2.50 bits per heavy atom. The van der Waals surface area contributed by atoms with Gasteiger partial charge < -0.3 is 10.4 Å². The van der Waals surface area contributed by atoms with Gasteiger partial charge >= 0.3 is 5.97 Å². The fourth-order valence-corrected chi connectivity index (χ4v) is 2.35. The van der Waals surface area contributed by atoms with Gasteiger partial charge in [0.15, 0.2) is 0 Å². The normalized spacial score (nSPS) is 12.8. The minimum absolute atomic E-state index is 0.352. The number of hydrogen-bond donors (Lipinski definition) is 2. The van der Waals surface area contributed by atoms with Crippen molar-refractivity contribution < 1.29 is 14.7 Å². The summed E-state index contributed by atoms with van der Waals surface area (Å²) in [6, 6.07) is 6.34. The molecule has 0 saturated heterocycles. The lowest BCUT2D eigenvalue weighted by Crippen LogP contribution is -2.49. The maximum atomic E-state index is 12.2. The number of carbonyl (C=O) groups is 2. The highest BCUT2D eigenvalue weighted by Crippen LogP contribution is 2.20. The zero-order valence-electron chi connectivity index (χ0n) is 12.3. The number of thioether (sulfide) groups is 1. The van der Waals surface area contributed by atoms with Crippen LogP contribution in [0, 0.1) is 5.41 Å². The molecule has 0 fully saturated rings. The molecule has 4 nitrogen and oxygen atoms in total. The number of nitrogens with one attached hydrogen (secondary N) is 1. The number of carboxylic acid groups (broad SMARTS) is 1. The molecule has 20 heavy (non-hydrogen) atoms. The Hall–Kier alpha value is -1.49. The maximum Gasteiger partial charge on any atom is 0.326 e. The summed E-state index contributed by atoms with van der Waals surface area (Å²) in [5, 5.41) is 11.8. The summed E-state index contributed by atoms with van der Waals surface area (Å²) in [6.07, 6.45) is 1.99. The average molecular weight is 295 g/mol. The molecule has 0 aliphatic heterocycles. The number of rotatable bonds is 5. The fourth-order valence-electron chi connectivity index (χ4n) is 1.83. The third-order valence-electron chi connectivity index (χ3n) is 2.89. The van der Waals surface area contributed by atoms with Gasteiger partial charge in [0.05, 0.1) is 0 Å². The van der Waals surface area contributed by atoms with Crippen LogP contribution in [0.2, 0.25) is 0 Å². The summed E-state index contributed by atoms with van der Waals surface area (Å²) >= 11 is 1.67. The molecule has 1 rings (SSSR count). The molecule has 0 aromatic heterocycles. The molecule has 1 amide bonds. The molecule has 0 spiro atoms. The van der Waals surface area contributed by atoms with Crippen molar-refractivity contribution in [3.05, 3.63) is 35.4 Å². The first-order chi connectivity index (χ1) is 9.25. The van der Waals surface area contributed by atoms with E-state index < -0.39 is 17.4 Å². The molecule has 1 unspecified atom stereocenters. The van der Waals surface area contributed by atoms with Gasteiger partial charge in [-0.25, -0.2) is 4.79 Å². The number of carbonyl (C=O) groups excluding carboxylic acids is 1. The topological polar surface area (TPSA) is 66.4 Å². The van der Waals surface area contributed by atoms with E-state index >= 15 is 0 Å². The Morgan fingerprint density at radius 1 is 1.35 bits per heavy atom. The molecular formula is C15H21NO3S. The van der Waals surface area contributed by atoms with Gasteiger partial charge in [0, 0.05) is 11.3 Å². The summed E-state index contributed by atoms with van der Waals surface area (Å²) in [5.41, 5.74) is 0.998. The lowest BCUT2D eigenvalue weighted by atomic mass is 9.86. The molecule has 1 aromatic carbocycles. The van der Waals surface area contributed by atoms with E-state index in [1.807, 2.05) is 18.4 Å². The number of carboxylic acids is 1. The molecule has 0 radical (unpaired) electrons. The van der Waals surface area contributed by atoms with Gasteiger partial charge in [0.2, 0.25) is 0 Å². The van der Waals surface area contributed by atoms with E-state index in [1.165, 1.54) is 0 Å². The van der Waals surface area contributed by atoms with Crippen LogP contribution in [0.4, 0.5) is 0 Å². The molecule has 5 heteroatoms. The van der Waals surface area contributed by atoms with E-state index in [0.717, 1.165) is 11.3 Å². The van der Waals surface area contributed by atoms with E-state index in [2.05, 4.69) is 5.32 Å². The van der Waals surface area contributed by atoms with Crippen LogP contribution in [-0.4, -0.2) is 29.3 Å². The first-order valence-corrected chi connectivity index (χ1v) is 7.76. The third-order valence-corrected chi connectivity index (χ3v) is 3.51. The Bertz CT molecular complexity index is 494. The zero-order valence-corrected chi connectivity index (χ0v) is 13.1. The number of aliphatic carboxylic acids is 1. The predicted octanol–water partition coefficient (Wildman–Crippen LogP) is 2.78. The van der Waals surface area contributed by atoms with E-state index in [4.69, 9.17) is 0 Å². The van der Waals surface area contributed by atoms with Crippen molar-refractivity contribution in [2.75, 3.05) is 6.26 Å². The zero-order chi connectivity index (χ0) is 15.3.